The average Bonchev–Trinajstić information content (AvgIpc) is 2.84. The van der Waals surface area contributed by atoms with Gasteiger partial charge in [-0.25, -0.2) is 0 Å². The third-order valence-corrected chi connectivity index (χ3v) is 5.55. The van der Waals surface area contributed by atoms with Crippen LogP contribution in [0.5, 0.6) is 0 Å². The Kier molecular flexibility index (Phi) is 4.06. The average molecular weight is 410 g/mol. The Balaban J connectivity index is 1.95. The molecule has 0 saturated heterocycles. The van der Waals surface area contributed by atoms with Crippen LogP contribution in [0.4, 0.5) is 0 Å². The standard InChI is InChI=1S/C16H10Br2OS/c17-11-4-1-3-10(7-11)8-15(19)13-9-20-16-12(13)5-2-6-14(16)18/h1-7,9H,8H2. The number of ketones is 1. The summed E-state index contributed by atoms with van der Waals surface area (Å²) >= 11 is 8.57. The quantitative estimate of drug-likeness (QED) is 0.495. The fraction of sp³-hybridized carbons (Fsp3) is 0.0625. The molecule has 0 unspecified atom stereocenters. The molecule has 1 aromatic heterocycles. The van der Waals surface area contributed by atoms with Crippen LogP contribution in [0.1, 0.15) is 15.9 Å². The van der Waals surface area contributed by atoms with Crippen molar-refractivity contribution in [1.29, 1.82) is 0 Å². The minimum atomic E-state index is 0.160. The molecule has 0 atom stereocenters. The zero-order valence-electron chi connectivity index (χ0n) is 10.4. The maximum absolute atomic E-state index is 12.5. The first kappa shape index (κ1) is 14.0. The van der Waals surface area contributed by atoms with Gasteiger partial charge in [0.15, 0.2) is 5.78 Å². The molecule has 0 fully saturated rings. The first-order chi connectivity index (χ1) is 9.65. The molecule has 0 bridgehead atoms. The molecule has 3 aromatic rings. The number of rotatable bonds is 3. The van der Waals surface area contributed by atoms with Crippen molar-refractivity contribution >= 4 is 59.1 Å². The van der Waals surface area contributed by atoms with E-state index in [0.717, 1.165) is 30.2 Å². The fourth-order valence-corrected chi connectivity index (χ4v) is 4.24. The van der Waals surface area contributed by atoms with Crippen LogP contribution in [0.25, 0.3) is 10.1 Å². The molecule has 2 aromatic carbocycles. The predicted octanol–water partition coefficient (Wildman–Crippen LogP) is 5.85. The third kappa shape index (κ3) is 2.73. The summed E-state index contributed by atoms with van der Waals surface area (Å²) in [7, 11) is 0. The lowest BCUT2D eigenvalue weighted by molar-refractivity contribution is 0.0995. The summed E-state index contributed by atoms with van der Waals surface area (Å²) in [6.45, 7) is 0. The van der Waals surface area contributed by atoms with E-state index in [-0.39, 0.29) is 5.78 Å². The molecule has 0 amide bonds. The summed E-state index contributed by atoms with van der Waals surface area (Å²) in [5.74, 6) is 0.160. The van der Waals surface area contributed by atoms with Crippen molar-refractivity contribution in [3.05, 3.63) is 67.9 Å². The molecule has 0 radical (unpaired) electrons. The van der Waals surface area contributed by atoms with Crippen molar-refractivity contribution in [2.45, 2.75) is 6.42 Å². The lowest BCUT2D eigenvalue weighted by Gasteiger charge is -2.02. The first-order valence-electron chi connectivity index (χ1n) is 6.08. The van der Waals surface area contributed by atoms with E-state index >= 15 is 0 Å². The van der Waals surface area contributed by atoms with Crippen molar-refractivity contribution in [3.63, 3.8) is 0 Å². The summed E-state index contributed by atoms with van der Waals surface area (Å²) in [6, 6.07) is 13.9. The maximum Gasteiger partial charge on any atom is 0.168 e. The normalized spacial score (nSPS) is 10.9. The van der Waals surface area contributed by atoms with Crippen LogP contribution in [-0.2, 0) is 6.42 Å². The van der Waals surface area contributed by atoms with Crippen LogP contribution in [0.15, 0.2) is 56.8 Å². The van der Waals surface area contributed by atoms with Gasteiger partial charge in [-0.2, -0.15) is 0 Å². The van der Waals surface area contributed by atoms with Gasteiger partial charge in [-0.05, 0) is 39.7 Å². The monoisotopic (exact) mass is 408 g/mol. The highest BCUT2D eigenvalue weighted by molar-refractivity contribution is 9.11. The Morgan fingerprint density at radius 3 is 2.70 bits per heavy atom. The minimum absolute atomic E-state index is 0.160. The molecule has 1 heterocycles. The number of Topliss-reactive ketones (excluding diaryl/α,β-unsaturated/α-hetero) is 1. The predicted molar refractivity (Wildman–Crippen MR) is 91.7 cm³/mol. The molecular weight excluding hydrogens is 400 g/mol. The van der Waals surface area contributed by atoms with Crippen LogP contribution < -0.4 is 0 Å². The molecule has 0 aliphatic carbocycles. The van der Waals surface area contributed by atoms with Gasteiger partial charge in [0.05, 0.1) is 0 Å². The molecule has 4 heteroatoms. The Hall–Kier alpha value is -0.970. The van der Waals surface area contributed by atoms with Crippen molar-refractivity contribution in [2.75, 3.05) is 0 Å². The molecule has 1 nitrogen and oxygen atoms in total. The van der Waals surface area contributed by atoms with Crippen LogP contribution in [0.2, 0.25) is 0 Å². The summed E-state index contributed by atoms with van der Waals surface area (Å²) < 4.78 is 3.17. The molecule has 0 aliphatic heterocycles. The summed E-state index contributed by atoms with van der Waals surface area (Å²) in [5, 5.41) is 2.99. The van der Waals surface area contributed by atoms with E-state index in [2.05, 4.69) is 31.9 Å². The van der Waals surface area contributed by atoms with E-state index in [0.29, 0.717) is 6.42 Å². The number of carbonyl (C=O) groups is 1. The molecule has 3 rings (SSSR count). The van der Waals surface area contributed by atoms with Crippen LogP contribution in [0.3, 0.4) is 0 Å². The van der Waals surface area contributed by atoms with Gasteiger partial charge in [0.2, 0.25) is 0 Å². The van der Waals surface area contributed by atoms with Crippen LogP contribution in [0, 0.1) is 0 Å². The second-order valence-electron chi connectivity index (χ2n) is 4.50. The number of fused-ring (bicyclic) bond motifs is 1. The lowest BCUT2D eigenvalue weighted by atomic mass is 10.0. The Morgan fingerprint density at radius 1 is 1.10 bits per heavy atom. The van der Waals surface area contributed by atoms with Gasteiger partial charge in [0.1, 0.15) is 0 Å². The van der Waals surface area contributed by atoms with Crippen LogP contribution >= 0.6 is 43.2 Å². The molecule has 20 heavy (non-hydrogen) atoms. The number of hydrogen-bond acceptors (Lipinski definition) is 2. The number of halogens is 2. The van der Waals surface area contributed by atoms with Gasteiger partial charge in [-0.3, -0.25) is 4.79 Å². The smallest absolute Gasteiger partial charge is 0.168 e. The number of benzene rings is 2. The minimum Gasteiger partial charge on any atom is -0.294 e. The van der Waals surface area contributed by atoms with Crippen molar-refractivity contribution in [1.82, 2.24) is 0 Å². The van der Waals surface area contributed by atoms with E-state index in [1.807, 2.05) is 47.8 Å². The van der Waals surface area contributed by atoms with E-state index in [1.165, 1.54) is 0 Å². The lowest BCUT2D eigenvalue weighted by Crippen LogP contribution is -2.02. The molecular formula is C16H10Br2OS. The number of thiophene rings is 1. The van der Waals surface area contributed by atoms with Gasteiger partial charge in [-0.1, -0.05) is 40.2 Å². The fourth-order valence-electron chi connectivity index (χ4n) is 2.17. The van der Waals surface area contributed by atoms with Crippen LogP contribution in [-0.4, -0.2) is 5.78 Å². The summed E-state index contributed by atoms with van der Waals surface area (Å²) in [4.78, 5) is 12.5. The zero-order valence-corrected chi connectivity index (χ0v) is 14.4. The topological polar surface area (TPSA) is 17.1 Å². The summed E-state index contributed by atoms with van der Waals surface area (Å²) in [6.07, 6.45) is 0.428. The maximum atomic E-state index is 12.5. The van der Waals surface area contributed by atoms with E-state index < -0.39 is 0 Å². The summed E-state index contributed by atoms with van der Waals surface area (Å²) in [5.41, 5.74) is 1.84. The Labute approximate surface area is 137 Å². The molecule has 0 N–H and O–H groups in total. The van der Waals surface area contributed by atoms with Gasteiger partial charge in [-0.15, -0.1) is 11.3 Å². The molecule has 100 valence electrons. The van der Waals surface area contributed by atoms with Gasteiger partial charge in [0, 0.05) is 36.4 Å². The third-order valence-electron chi connectivity index (χ3n) is 3.11. The van der Waals surface area contributed by atoms with E-state index in [1.54, 1.807) is 11.3 Å². The zero-order chi connectivity index (χ0) is 14.1. The molecule has 0 aliphatic rings. The second-order valence-corrected chi connectivity index (χ2v) is 7.15. The van der Waals surface area contributed by atoms with Crippen molar-refractivity contribution in [3.8, 4) is 0 Å². The largest absolute Gasteiger partial charge is 0.294 e. The Morgan fingerprint density at radius 2 is 1.90 bits per heavy atom. The van der Waals surface area contributed by atoms with E-state index in [9.17, 15) is 4.79 Å². The van der Waals surface area contributed by atoms with Gasteiger partial charge >= 0.3 is 0 Å². The highest BCUT2D eigenvalue weighted by Gasteiger charge is 2.14. The molecule has 0 saturated carbocycles. The highest BCUT2D eigenvalue weighted by atomic mass is 79.9. The van der Waals surface area contributed by atoms with E-state index in [4.69, 9.17) is 0 Å². The van der Waals surface area contributed by atoms with Gasteiger partial charge < -0.3 is 0 Å². The molecule has 0 spiro atoms. The highest BCUT2D eigenvalue weighted by Crippen LogP contribution is 2.32. The van der Waals surface area contributed by atoms with Crippen molar-refractivity contribution < 1.29 is 4.79 Å². The number of hydrogen-bond donors (Lipinski definition) is 0. The SMILES string of the molecule is O=C(Cc1cccc(Br)c1)c1csc2c(Br)cccc12. The number of carbonyl (C=O) groups excluding carboxylic acids is 1. The second kappa shape index (κ2) is 5.80. The van der Waals surface area contributed by atoms with Gasteiger partial charge in [0.25, 0.3) is 0 Å². The van der Waals surface area contributed by atoms with Crippen molar-refractivity contribution in [2.24, 2.45) is 0 Å². The first-order valence-corrected chi connectivity index (χ1v) is 8.55. The Bertz CT molecular complexity index is 792.